The van der Waals surface area contributed by atoms with Crippen molar-refractivity contribution in [3.63, 3.8) is 0 Å². The van der Waals surface area contributed by atoms with Crippen LogP contribution >= 0.6 is 0 Å². The van der Waals surface area contributed by atoms with Gasteiger partial charge < -0.3 is 9.47 Å². The summed E-state index contributed by atoms with van der Waals surface area (Å²) in [6, 6.07) is 9.91. The zero-order valence-electron chi connectivity index (χ0n) is 10.8. The molecule has 1 aromatic carbocycles. The normalized spacial score (nSPS) is 10.0. The van der Waals surface area contributed by atoms with Crippen LogP contribution in [0.2, 0.25) is 0 Å². The highest BCUT2D eigenvalue weighted by molar-refractivity contribution is 5.20. The largest absolute Gasteiger partial charge is 0.494 e. The molecule has 17 heavy (non-hydrogen) atoms. The highest BCUT2D eigenvalue weighted by Gasteiger charge is 1.92. The van der Waals surface area contributed by atoms with Crippen LogP contribution in [0.4, 0.5) is 0 Å². The molecule has 0 aliphatic carbocycles. The first-order chi connectivity index (χ1) is 8.29. The van der Waals surface area contributed by atoms with E-state index < -0.39 is 0 Å². The number of para-hydroxylation sites is 1. The quantitative estimate of drug-likeness (QED) is 0.503. The van der Waals surface area contributed by atoms with Crippen molar-refractivity contribution in [2.75, 3.05) is 19.8 Å². The molecule has 94 valence electrons. The third-order valence-electron chi connectivity index (χ3n) is 2.30. The fourth-order valence-corrected chi connectivity index (χ4v) is 1.32. The van der Waals surface area contributed by atoms with Gasteiger partial charge in [0.2, 0.25) is 0 Å². The summed E-state index contributed by atoms with van der Waals surface area (Å²) in [5.41, 5.74) is 1.30. The third kappa shape index (κ3) is 7.58. The van der Waals surface area contributed by atoms with E-state index in [9.17, 15) is 0 Å². The highest BCUT2D eigenvalue weighted by atomic mass is 16.5. The van der Waals surface area contributed by atoms with Gasteiger partial charge in [-0.2, -0.15) is 0 Å². The highest BCUT2D eigenvalue weighted by Crippen LogP contribution is 2.08. The molecule has 0 unspecified atom stereocenters. The van der Waals surface area contributed by atoms with Crippen molar-refractivity contribution in [1.82, 2.24) is 0 Å². The van der Waals surface area contributed by atoms with Crippen molar-refractivity contribution in [1.29, 1.82) is 0 Å². The Morgan fingerprint density at radius 2 is 1.76 bits per heavy atom. The van der Waals surface area contributed by atoms with E-state index in [0.717, 1.165) is 38.4 Å². The van der Waals surface area contributed by atoms with Crippen LogP contribution in [0.1, 0.15) is 26.7 Å². The van der Waals surface area contributed by atoms with E-state index in [1.807, 2.05) is 30.3 Å². The number of hydrogen-bond donors (Lipinski definition) is 0. The molecule has 0 saturated heterocycles. The molecule has 0 aromatic heterocycles. The maximum Gasteiger partial charge on any atom is 0.119 e. The van der Waals surface area contributed by atoms with E-state index in [0.29, 0.717) is 0 Å². The molecule has 0 aliphatic heterocycles. The predicted octanol–water partition coefficient (Wildman–Crippen LogP) is 3.83. The summed E-state index contributed by atoms with van der Waals surface area (Å²) >= 11 is 0. The second-order valence-corrected chi connectivity index (χ2v) is 4.23. The van der Waals surface area contributed by atoms with Gasteiger partial charge in [-0.1, -0.05) is 29.8 Å². The second kappa shape index (κ2) is 8.82. The van der Waals surface area contributed by atoms with E-state index >= 15 is 0 Å². The molecule has 0 N–H and O–H groups in total. The van der Waals surface area contributed by atoms with Gasteiger partial charge in [0.15, 0.2) is 0 Å². The van der Waals surface area contributed by atoms with E-state index in [1.165, 1.54) is 5.57 Å². The lowest BCUT2D eigenvalue weighted by molar-refractivity contribution is 0.152. The van der Waals surface area contributed by atoms with E-state index in [2.05, 4.69) is 19.9 Å². The van der Waals surface area contributed by atoms with E-state index in [-0.39, 0.29) is 0 Å². The van der Waals surface area contributed by atoms with Crippen LogP contribution in [0, 0.1) is 0 Å². The van der Waals surface area contributed by atoms with Crippen molar-refractivity contribution >= 4 is 0 Å². The smallest absolute Gasteiger partial charge is 0.119 e. The molecule has 2 heteroatoms. The molecule has 1 rings (SSSR count). The third-order valence-corrected chi connectivity index (χ3v) is 2.30. The zero-order valence-corrected chi connectivity index (χ0v) is 10.8. The molecule has 0 heterocycles. The Balaban J connectivity index is 1.93. The SMILES string of the molecule is CC(C)=CCOCCCCOc1ccccc1. The molecule has 1 aromatic rings. The molecule has 0 spiro atoms. The van der Waals surface area contributed by atoms with Crippen LogP contribution < -0.4 is 4.74 Å². The standard InChI is InChI=1S/C15H22O2/c1-14(2)10-13-16-11-6-7-12-17-15-8-4-3-5-9-15/h3-5,8-10H,6-7,11-13H2,1-2H3. The first-order valence-corrected chi connectivity index (χ1v) is 6.18. The van der Waals surface area contributed by atoms with Gasteiger partial charge in [0.25, 0.3) is 0 Å². The summed E-state index contributed by atoms with van der Waals surface area (Å²) in [4.78, 5) is 0. The minimum Gasteiger partial charge on any atom is -0.494 e. The number of ether oxygens (including phenoxy) is 2. The number of rotatable bonds is 8. The molecule has 0 atom stereocenters. The molecule has 0 bridgehead atoms. The summed E-state index contributed by atoms with van der Waals surface area (Å²) in [6.45, 7) is 6.45. The molecule has 0 radical (unpaired) electrons. The zero-order chi connectivity index (χ0) is 12.3. The number of hydrogen-bond acceptors (Lipinski definition) is 2. The van der Waals surface area contributed by atoms with Crippen molar-refractivity contribution in [3.05, 3.63) is 42.0 Å². The minimum atomic E-state index is 0.724. The second-order valence-electron chi connectivity index (χ2n) is 4.23. The molecule has 0 fully saturated rings. The van der Waals surface area contributed by atoms with Crippen LogP contribution in [-0.2, 0) is 4.74 Å². The maximum absolute atomic E-state index is 5.58. The molecule has 0 aliphatic rings. The fourth-order valence-electron chi connectivity index (χ4n) is 1.32. The van der Waals surface area contributed by atoms with Gasteiger partial charge in [-0.25, -0.2) is 0 Å². The Morgan fingerprint density at radius 3 is 2.47 bits per heavy atom. The lowest BCUT2D eigenvalue weighted by atomic mass is 10.3. The Hall–Kier alpha value is -1.28. The maximum atomic E-state index is 5.58. The lowest BCUT2D eigenvalue weighted by Gasteiger charge is -2.05. The van der Waals surface area contributed by atoms with E-state index in [1.54, 1.807) is 0 Å². The van der Waals surface area contributed by atoms with Crippen LogP contribution in [0.25, 0.3) is 0 Å². The van der Waals surface area contributed by atoms with Gasteiger partial charge in [0, 0.05) is 6.61 Å². The summed E-state index contributed by atoms with van der Waals surface area (Å²) < 4.78 is 11.0. The first kappa shape index (κ1) is 13.8. The molecular weight excluding hydrogens is 212 g/mol. The Bertz CT molecular complexity index is 313. The lowest BCUT2D eigenvalue weighted by Crippen LogP contribution is -2.01. The number of unbranched alkanes of at least 4 members (excludes halogenated alkanes) is 1. The van der Waals surface area contributed by atoms with Gasteiger partial charge in [-0.05, 0) is 38.8 Å². The van der Waals surface area contributed by atoms with Crippen LogP contribution in [0.15, 0.2) is 42.0 Å². The van der Waals surface area contributed by atoms with Crippen molar-refractivity contribution in [2.24, 2.45) is 0 Å². The van der Waals surface area contributed by atoms with Gasteiger partial charge in [0.1, 0.15) is 5.75 Å². The Morgan fingerprint density at radius 1 is 1.06 bits per heavy atom. The Labute approximate surface area is 104 Å². The van der Waals surface area contributed by atoms with Crippen LogP contribution in [-0.4, -0.2) is 19.8 Å². The summed E-state index contributed by atoms with van der Waals surface area (Å²) in [6.07, 6.45) is 4.17. The molecule has 2 nitrogen and oxygen atoms in total. The molecule has 0 saturated carbocycles. The topological polar surface area (TPSA) is 18.5 Å². The van der Waals surface area contributed by atoms with Crippen molar-refractivity contribution < 1.29 is 9.47 Å². The van der Waals surface area contributed by atoms with Gasteiger partial charge in [-0.15, -0.1) is 0 Å². The van der Waals surface area contributed by atoms with Crippen LogP contribution in [0.5, 0.6) is 5.75 Å². The van der Waals surface area contributed by atoms with Crippen LogP contribution in [0.3, 0.4) is 0 Å². The van der Waals surface area contributed by atoms with Gasteiger partial charge >= 0.3 is 0 Å². The summed E-state index contributed by atoms with van der Waals surface area (Å²) in [5, 5.41) is 0. The van der Waals surface area contributed by atoms with Gasteiger partial charge in [-0.3, -0.25) is 0 Å². The Kier molecular flexibility index (Phi) is 7.15. The predicted molar refractivity (Wildman–Crippen MR) is 71.4 cm³/mol. The fraction of sp³-hybridized carbons (Fsp3) is 0.467. The average molecular weight is 234 g/mol. The molecular formula is C15H22O2. The number of benzene rings is 1. The first-order valence-electron chi connectivity index (χ1n) is 6.18. The van der Waals surface area contributed by atoms with E-state index in [4.69, 9.17) is 9.47 Å². The summed E-state index contributed by atoms with van der Waals surface area (Å²) in [5.74, 6) is 0.943. The van der Waals surface area contributed by atoms with Crippen molar-refractivity contribution in [2.45, 2.75) is 26.7 Å². The number of allylic oxidation sites excluding steroid dienone is 1. The van der Waals surface area contributed by atoms with Gasteiger partial charge in [0.05, 0.1) is 13.2 Å². The van der Waals surface area contributed by atoms with Crippen molar-refractivity contribution in [3.8, 4) is 5.75 Å². The minimum absolute atomic E-state index is 0.724. The monoisotopic (exact) mass is 234 g/mol. The molecule has 0 amide bonds. The average Bonchev–Trinajstić information content (AvgIpc) is 2.33. The summed E-state index contributed by atoms with van der Waals surface area (Å²) in [7, 11) is 0.